The summed E-state index contributed by atoms with van der Waals surface area (Å²) in [5.41, 5.74) is 1.63. The minimum absolute atomic E-state index is 0.223. The Hall–Kier alpha value is -1.82. The van der Waals surface area contributed by atoms with Crippen molar-refractivity contribution in [2.24, 2.45) is 4.99 Å². The lowest BCUT2D eigenvalue weighted by atomic mass is 10.1. The molecule has 0 radical (unpaired) electrons. The number of benzene rings is 1. The van der Waals surface area contributed by atoms with E-state index < -0.39 is 0 Å². The van der Waals surface area contributed by atoms with Gasteiger partial charge in [-0.3, -0.25) is 4.99 Å². The molecular formula is C18H26FN3O2. The summed E-state index contributed by atoms with van der Waals surface area (Å²) in [4.78, 5) is 4.64. The average molecular weight is 335 g/mol. The molecule has 3 rings (SSSR count). The largest absolute Gasteiger partial charge is 0.467 e. The predicted molar refractivity (Wildman–Crippen MR) is 91.8 cm³/mol. The molecule has 1 aromatic carbocycles. The standard InChI is InChI=1S/C18H26FN3O2/c1-2-20-18(22-16-5-3-4-6-16)21-8-7-13-9-15(19)10-14-11-23-12-24-17(13)14/h9-10,16H,2-8,11-12H2,1H3,(H2,20,21,22). The Balaban J connectivity index is 1.64. The van der Waals surface area contributed by atoms with Crippen LogP contribution in [0.25, 0.3) is 0 Å². The molecule has 0 spiro atoms. The summed E-state index contributed by atoms with van der Waals surface area (Å²) in [6, 6.07) is 3.54. The quantitative estimate of drug-likeness (QED) is 0.642. The Morgan fingerprint density at radius 1 is 1.33 bits per heavy atom. The maximum absolute atomic E-state index is 13.8. The maximum Gasteiger partial charge on any atom is 0.191 e. The summed E-state index contributed by atoms with van der Waals surface area (Å²) < 4.78 is 24.5. The average Bonchev–Trinajstić information content (AvgIpc) is 3.08. The molecule has 0 atom stereocenters. The molecule has 0 saturated heterocycles. The number of aliphatic imine (C=N–C) groups is 1. The van der Waals surface area contributed by atoms with Gasteiger partial charge in [-0.05, 0) is 43.9 Å². The van der Waals surface area contributed by atoms with Gasteiger partial charge in [0.2, 0.25) is 0 Å². The van der Waals surface area contributed by atoms with E-state index in [9.17, 15) is 4.39 Å². The number of ether oxygens (including phenoxy) is 2. The first-order valence-electron chi connectivity index (χ1n) is 8.83. The van der Waals surface area contributed by atoms with Crippen molar-refractivity contribution in [1.82, 2.24) is 10.6 Å². The first-order chi connectivity index (χ1) is 11.8. The Bertz CT molecular complexity index is 586. The molecule has 1 fully saturated rings. The highest BCUT2D eigenvalue weighted by Crippen LogP contribution is 2.29. The topological polar surface area (TPSA) is 54.9 Å². The zero-order valence-electron chi connectivity index (χ0n) is 14.2. The van der Waals surface area contributed by atoms with Crippen molar-refractivity contribution in [3.05, 3.63) is 29.1 Å². The van der Waals surface area contributed by atoms with Gasteiger partial charge in [0.25, 0.3) is 0 Å². The Kier molecular flexibility index (Phi) is 5.91. The monoisotopic (exact) mass is 335 g/mol. The van der Waals surface area contributed by atoms with Crippen molar-refractivity contribution in [3.8, 4) is 5.75 Å². The summed E-state index contributed by atoms with van der Waals surface area (Å²) in [5, 5.41) is 6.77. The number of fused-ring (bicyclic) bond motifs is 1. The second kappa shape index (κ2) is 8.33. The van der Waals surface area contributed by atoms with Crippen LogP contribution in [0.3, 0.4) is 0 Å². The van der Waals surface area contributed by atoms with Crippen molar-refractivity contribution in [1.29, 1.82) is 0 Å². The number of nitrogens with zero attached hydrogens (tertiary/aromatic N) is 1. The van der Waals surface area contributed by atoms with Gasteiger partial charge >= 0.3 is 0 Å². The summed E-state index contributed by atoms with van der Waals surface area (Å²) >= 11 is 0. The maximum atomic E-state index is 13.8. The zero-order valence-corrected chi connectivity index (χ0v) is 14.2. The Morgan fingerprint density at radius 2 is 2.17 bits per heavy atom. The third kappa shape index (κ3) is 4.38. The van der Waals surface area contributed by atoms with Crippen molar-refractivity contribution >= 4 is 5.96 Å². The lowest BCUT2D eigenvalue weighted by Gasteiger charge is -2.21. The number of rotatable bonds is 5. The number of guanidine groups is 1. The molecule has 2 aliphatic rings. The van der Waals surface area contributed by atoms with Crippen LogP contribution in [0.5, 0.6) is 5.75 Å². The van der Waals surface area contributed by atoms with Crippen LogP contribution >= 0.6 is 0 Å². The summed E-state index contributed by atoms with van der Waals surface area (Å²) in [7, 11) is 0. The van der Waals surface area contributed by atoms with E-state index in [1.54, 1.807) is 0 Å². The van der Waals surface area contributed by atoms with Crippen molar-refractivity contribution in [3.63, 3.8) is 0 Å². The third-order valence-corrected chi connectivity index (χ3v) is 4.44. The molecule has 0 bridgehead atoms. The summed E-state index contributed by atoms with van der Waals surface area (Å²) in [6.45, 7) is 4.09. The molecule has 1 heterocycles. The van der Waals surface area contributed by atoms with Crippen molar-refractivity contribution in [2.75, 3.05) is 19.9 Å². The van der Waals surface area contributed by atoms with E-state index >= 15 is 0 Å². The van der Waals surface area contributed by atoms with Gasteiger partial charge in [-0.15, -0.1) is 0 Å². The predicted octanol–water partition coefficient (Wildman–Crippen LogP) is 2.73. The summed E-state index contributed by atoms with van der Waals surface area (Å²) in [6.07, 6.45) is 5.62. The first-order valence-corrected chi connectivity index (χ1v) is 8.83. The van der Waals surface area contributed by atoms with Crippen LogP contribution in [0, 0.1) is 5.82 Å². The first kappa shape index (κ1) is 17.0. The molecule has 5 nitrogen and oxygen atoms in total. The van der Waals surface area contributed by atoms with Crippen LogP contribution in [0.4, 0.5) is 4.39 Å². The lowest BCUT2D eigenvalue weighted by molar-refractivity contribution is -0.0172. The van der Waals surface area contributed by atoms with Crippen LogP contribution in [-0.2, 0) is 17.8 Å². The molecule has 1 aromatic rings. The minimum Gasteiger partial charge on any atom is -0.467 e. The molecule has 132 valence electrons. The zero-order chi connectivity index (χ0) is 16.8. The van der Waals surface area contributed by atoms with Crippen LogP contribution in [-0.4, -0.2) is 31.9 Å². The van der Waals surface area contributed by atoms with Gasteiger partial charge in [0.05, 0.1) is 6.61 Å². The van der Waals surface area contributed by atoms with Crippen LogP contribution in [0.2, 0.25) is 0 Å². The molecule has 0 amide bonds. The smallest absolute Gasteiger partial charge is 0.191 e. The molecule has 1 aliphatic carbocycles. The van der Waals surface area contributed by atoms with E-state index in [-0.39, 0.29) is 12.6 Å². The fourth-order valence-electron chi connectivity index (χ4n) is 3.31. The van der Waals surface area contributed by atoms with Gasteiger partial charge < -0.3 is 20.1 Å². The van der Waals surface area contributed by atoms with Crippen LogP contribution in [0.15, 0.2) is 17.1 Å². The van der Waals surface area contributed by atoms with Gasteiger partial charge in [-0.25, -0.2) is 4.39 Å². The van der Waals surface area contributed by atoms with E-state index in [2.05, 4.69) is 22.5 Å². The minimum atomic E-state index is -0.252. The van der Waals surface area contributed by atoms with E-state index in [4.69, 9.17) is 9.47 Å². The van der Waals surface area contributed by atoms with Crippen LogP contribution in [0.1, 0.15) is 43.7 Å². The Labute approximate surface area is 142 Å². The highest BCUT2D eigenvalue weighted by molar-refractivity contribution is 5.80. The van der Waals surface area contributed by atoms with E-state index in [0.29, 0.717) is 25.6 Å². The molecular weight excluding hydrogens is 309 g/mol. The van der Waals surface area contributed by atoms with E-state index in [1.165, 1.54) is 37.8 Å². The number of halogens is 1. The third-order valence-electron chi connectivity index (χ3n) is 4.44. The van der Waals surface area contributed by atoms with E-state index in [1.807, 2.05) is 0 Å². The fourth-order valence-corrected chi connectivity index (χ4v) is 3.31. The normalized spacial score (nSPS) is 18.2. The summed E-state index contributed by atoms with van der Waals surface area (Å²) in [5.74, 6) is 1.35. The van der Waals surface area contributed by atoms with Gasteiger partial charge in [0, 0.05) is 24.7 Å². The highest BCUT2D eigenvalue weighted by atomic mass is 19.1. The second-order valence-electron chi connectivity index (χ2n) is 6.30. The van der Waals surface area contributed by atoms with Crippen molar-refractivity contribution < 1.29 is 13.9 Å². The lowest BCUT2D eigenvalue weighted by Crippen LogP contribution is -2.42. The molecule has 0 aromatic heterocycles. The highest BCUT2D eigenvalue weighted by Gasteiger charge is 2.18. The SMILES string of the molecule is CCNC(=NCCc1cc(F)cc2c1OCOC2)NC1CCCC1. The number of nitrogens with one attached hydrogen (secondary N) is 2. The fraction of sp³-hybridized carbons (Fsp3) is 0.611. The van der Waals surface area contributed by atoms with Gasteiger partial charge in [0.15, 0.2) is 12.8 Å². The van der Waals surface area contributed by atoms with Gasteiger partial charge in [0.1, 0.15) is 11.6 Å². The van der Waals surface area contributed by atoms with E-state index in [0.717, 1.165) is 29.4 Å². The molecule has 6 heteroatoms. The van der Waals surface area contributed by atoms with Gasteiger partial charge in [-0.2, -0.15) is 0 Å². The number of hydrogen-bond acceptors (Lipinski definition) is 3. The second-order valence-corrected chi connectivity index (χ2v) is 6.30. The molecule has 1 aliphatic heterocycles. The molecule has 1 saturated carbocycles. The van der Waals surface area contributed by atoms with Crippen LogP contribution < -0.4 is 15.4 Å². The molecule has 2 N–H and O–H groups in total. The van der Waals surface area contributed by atoms with Gasteiger partial charge in [-0.1, -0.05) is 12.8 Å². The Morgan fingerprint density at radius 3 is 2.96 bits per heavy atom. The molecule has 0 unspecified atom stereocenters. The number of hydrogen-bond donors (Lipinski definition) is 2. The van der Waals surface area contributed by atoms with Crippen molar-refractivity contribution in [2.45, 2.75) is 51.7 Å². The molecule has 24 heavy (non-hydrogen) atoms.